The Bertz CT molecular complexity index is 304. The first-order valence-corrected chi connectivity index (χ1v) is 7.24. The van der Waals surface area contributed by atoms with Gasteiger partial charge in [-0.3, -0.25) is 0 Å². The number of ether oxygens (including phenoxy) is 1. The van der Waals surface area contributed by atoms with E-state index in [9.17, 15) is 8.42 Å². The Morgan fingerprint density at radius 1 is 1.41 bits per heavy atom. The molecule has 0 aliphatic carbocycles. The number of rotatable bonds is 9. The molecule has 0 rings (SSSR count). The fourth-order valence-electron chi connectivity index (χ4n) is 1.25. The molecule has 0 bridgehead atoms. The molecule has 0 aliphatic heterocycles. The van der Waals surface area contributed by atoms with Crippen molar-refractivity contribution in [1.82, 2.24) is 9.03 Å². The van der Waals surface area contributed by atoms with E-state index in [2.05, 4.69) is 4.72 Å². The second kappa shape index (κ2) is 7.27. The Morgan fingerprint density at radius 3 is 2.47 bits per heavy atom. The SMILES string of the molecule is CCOC(C)(C)CNS(=O)(=O)N(C)CCCN. The Hall–Kier alpha value is -0.210. The fourth-order valence-corrected chi connectivity index (χ4v) is 2.37. The number of nitrogens with two attached hydrogens (primary N) is 1. The lowest BCUT2D eigenvalue weighted by atomic mass is 10.1. The van der Waals surface area contributed by atoms with Crippen LogP contribution in [0.2, 0.25) is 0 Å². The van der Waals surface area contributed by atoms with E-state index < -0.39 is 15.8 Å². The largest absolute Gasteiger partial charge is 0.374 e. The van der Waals surface area contributed by atoms with Crippen LogP contribution in [0.25, 0.3) is 0 Å². The maximum atomic E-state index is 11.8. The summed E-state index contributed by atoms with van der Waals surface area (Å²) in [6, 6.07) is 0. The molecule has 6 nitrogen and oxygen atoms in total. The summed E-state index contributed by atoms with van der Waals surface area (Å²) in [6.07, 6.45) is 0.645. The molecule has 0 aromatic rings. The van der Waals surface area contributed by atoms with Crippen molar-refractivity contribution in [2.45, 2.75) is 32.8 Å². The van der Waals surface area contributed by atoms with Gasteiger partial charge in [0.25, 0.3) is 10.2 Å². The molecule has 3 N–H and O–H groups in total. The number of nitrogens with zero attached hydrogens (tertiary/aromatic N) is 1. The Morgan fingerprint density at radius 2 is 2.00 bits per heavy atom. The molecular weight excluding hydrogens is 242 g/mol. The Kier molecular flexibility index (Phi) is 7.18. The van der Waals surface area contributed by atoms with Crippen molar-refractivity contribution >= 4 is 10.2 Å². The van der Waals surface area contributed by atoms with Crippen LogP contribution in [0, 0.1) is 0 Å². The zero-order valence-electron chi connectivity index (χ0n) is 11.2. The molecule has 0 saturated heterocycles. The Labute approximate surface area is 105 Å². The second-order valence-corrected chi connectivity index (χ2v) is 6.34. The standard InChI is InChI=1S/C10H25N3O3S/c1-5-16-10(2,3)9-12-17(14,15)13(4)8-6-7-11/h12H,5-9,11H2,1-4H3. The summed E-state index contributed by atoms with van der Waals surface area (Å²) in [4.78, 5) is 0. The first kappa shape index (κ1) is 16.8. The minimum atomic E-state index is -3.44. The van der Waals surface area contributed by atoms with Gasteiger partial charge >= 0.3 is 0 Å². The smallest absolute Gasteiger partial charge is 0.279 e. The maximum absolute atomic E-state index is 11.8. The van der Waals surface area contributed by atoms with E-state index in [1.54, 1.807) is 0 Å². The van der Waals surface area contributed by atoms with Gasteiger partial charge in [-0.15, -0.1) is 0 Å². The van der Waals surface area contributed by atoms with Crippen LogP contribution in [0.1, 0.15) is 27.2 Å². The van der Waals surface area contributed by atoms with E-state index in [-0.39, 0.29) is 6.54 Å². The van der Waals surface area contributed by atoms with Crippen LogP contribution in [-0.2, 0) is 14.9 Å². The molecule has 0 aliphatic rings. The summed E-state index contributed by atoms with van der Waals surface area (Å²) in [6.45, 7) is 7.26. The number of nitrogens with one attached hydrogen (secondary N) is 1. The molecule has 0 fully saturated rings. The minimum absolute atomic E-state index is 0.246. The van der Waals surface area contributed by atoms with Crippen molar-refractivity contribution in [2.75, 3.05) is 33.3 Å². The van der Waals surface area contributed by atoms with E-state index in [0.717, 1.165) is 0 Å². The summed E-state index contributed by atoms with van der Waals surface area (Å²) in [5, 5.41) is 0. The average Bonchev–Trinajstić information content (AvgIpc) is 2.23. The van der Waals surface area contributed by atoms with E-state index >= 15 is 0 Å². The van der Waals surface area contributed by atoms with Gasteiger partial charge in [-0.25, -0.2) is 0 Å². The predicted octanol–water partition coefficient (Wildman–Crippen LogP) is -0.0835. The summed E-state index contributed by atoms with van der Waals surface area (Å²) < 4.78 is 32.8. The highest BCUT2D eigenvalue weighted by atomic mass is 32.2. The third kappa shape index (κ3) is 6.95. The van der Waals surface area contributed by atoms with E-state index in [4.69, 9.17) is 10.5 Å². The second-order valence-electron chi connectivity index (χ2n) is 4.48. The van der Waals surface area contributed by atoms with Crippen LogP contribution in [0.5, 0.6) is 0 Å². The highest BCUT2D eigenvalue weighted by Gasteiger charge is 2.23. The van der Waals surface area contributed by atoms with Crippen LogP contribution in [0.15, 0.2) is 0 Å². The van der Waals surface area contributed by atoms with Crippen molar-refractivity contribution < 1.29 is 13.2 Å². The predicted molar refractivity (Wildman–Crippen MR) is 68.9 cm³/mol. The van der Waals surface area contributed by atoms with Gasteiger partial charge in [0.2, 0.25) is 0 Å². The molecule has 0 unspecified atom stereocenters. The molecule has 0 spiro atoms. The monoisotopic (exact) mass is 267 g/mol. The van der Waals surface area contributed by atoms with Crippen LogP contribution >= 0.6 is 0 Å². The quantitative estimate of drug-likeness (QED) is 0.612. The highest BCUT2D eigenvalue weighted by Crippen LogP contribution is 2.08. The number of hydrogen-bond acceptors (Lipinski definition) is 4. The van der Waals surface area contributed by atoms with Gasteiger partial charge in [0.1, 0.15) is 0 Å². The van der Waals surface area contributed by atoms with Gasteiger partial charge in [0, 0.05) is 26.7 Å². The van der Waals surface area contributed by atoms with Gasteiger partial charge in [-0.05, 0) is 33.7 Å². The lowest BCUT2D eigenvalue weighted by Gasteiger charge is -2.26. The summed E-state index contributed by atoms with van der Waals surface area (Å²) >= 11 is 0. The zero-order valence-corrected chi connectivity index (χ0v) is 12.0. The van der Waals surface area contributed by atoms with Crippen molar-refractivity contribution in [2.24, 2.45) is 5.73 Å². The molecule has 17 heavy (non-hydrogen) atoms. The third-order valence-corrected chi connectivity index (χ3v) is 3.82. The topological polar surface area (TPSA) is 84.7 Å². The molecule has 104 valence electrons. The van der Waals surface area contributed by atoms with E-state index in [0.29, 0.717) is 26.1 Å². The Balaban J connectivity index is 4.26. The van der Waals surface area contributed by atoms with Crippen molar-refractivity contribution in [1.29, 1.82) is 0 Å². The van der Waals surface area contributed by atoms with Gasteiger partial charge < -0.3 is 10.5 Å². The fraction of sp³-hybridized carbons (Fsp3) is 1.00. The molecular formula is C10H25N3O3S. The summed E-state index contributed by atoms with van der Waals surface area (Å²) in [7, 11) is -1.90. The molecule has 0 aromatic carbocycles. The molecule has 0 heterocycles. The summed E-state index contributed by atoms with van der Waals surface area (Å²) in [5.41, 5.74) is 4.84. The number of hydrogen-bond donors (Lipinski definition) is 2. The van der Waals surface area contributed by atoms with Gasteiger partial charge in [0.05, 0.1) is 5.60 Å². The summed E-state index contributed by atoms with van der Waals surface area (Å²) in [5.74, 6) is 0. The highest BCUT2D eigenvalue weighted by molar-refractivity contribution is 7.87. The average molecular weight is 267 g/mol. The first-order chi connectivity index (χ1) is 7.75. The molecule has 0 radical (unpaired) electrons. The van der Waals surface area contributed by atoms with E-state index in [1.807, 2.05) is 20.8 Å². The maximum Gasteiger partial charge on any atom is 0.279 e. The molecule has 0 amide bonds. The lowest BCUT2D eigenvalue weighted by Crippen LogP contribution is -2.46. The minimum Gasteiger partial charge on any atom is -0.374 e. The normalized spacial score (nSPS) is 13.3. The molecule has 0 saturated carbocycles. The zero-order chi connectivity index (χ0) is 13.5. The van der Waals surface area contributed by atoms with Gasteiger partial charge in [-0.1, -0.05) is 0 Å². The van der Waals surface area contributed by atoms with Crippen molar-refractivity contribution in [3.05, 3.63) is 0 Å². The van der Waals surface area contributed by atoms with Gasteiger partial charge in [0.15, 0.2) is 0 Å². The van der Waals surface area contributed by atoms with Crippen LogP contribution in [-0.4, -0.2) is 51.6 Å². The van der Waals surface area contributed by atoms with Crippen molar-refractivity contribution in [3.63, 3.8) is 0 Å². The first-order valence-electron chi connectivity index (χ1n) is 5.80. The van der Waals surface area contributed by atoms with Crippen LogP contribution in [0.4, 0.5) is 0 Å². The van der Waals surface area contributed by atoms with Crippen LogP contribution in [0.3, 0.4) is 0 Å². The molecule has 0 atom stereocenters. The molecule has 0 aromatic heterocycles. The molecule has 7 heteroatoms. The van der Waals surface area contributed by atoms with Crippen molar-refractivity contribution in [3.8, 4) is 0 Å². The third-order valence-electron chi connectivity index (χ3n) is 2.30. The van der Waals surface area contributed by atoms with Gasteiger partial charge in [-0.2, -0.15) is 17.4 Å². The van der Waals surface area contributed by atoms with E-state index in [1.165, 1.54) is 11.4 Å². The lowest BCUT2D eigenvalue weighted by molar-refractivity contribution is -0.00535. The van der Waals surface area contributed by atoms with Crippen LogP contribution < -0.4 is 10.5 Å².